The molecule has 0 saturated heterocycles. The Bertz CT molecular complexity index is 218. The van der Waals surface area contributed by atoms with Crippen molar-refractivity contribution in [2.75, 3.05) is 27.3 Å². The summed E-state index contributed by atoms with van der Waals surface area (Å²) >= 11 is 0. The molecule has 1 unspecified atom stereocenters. The minimum atomic E-state index is -0.813. The molecule has 0 radical (unpaired) electrons. The third-order valence-corrected chi connectivity index (χ3v) is 1.85. The maximum Gasteiger partial charge on any atom is 0.409 e. The van der Waals surface area contributed by atoms with Crippen LogP contribution in [0.1, 0.15) is 13.3 Å². The predicted molar refractivity (Wildman–Crippen MR) is 54.4 cm³/mol. The second-order valence-electron chi connectivity index (χ2n) is 3.38. The van der Waals surface area contributed by atoms with Crippen molar-refractivity contribution in [3.8, 4) is 0 Å². The molecule has 0 rings (SSSR count). The van der Waals surface area contributed by atoms with E-state index in [-0.39, 0.29) is 19.1 Å². The van der Waals surface area contributed by atoms with Crippen LogP contribution in [0, 0.1) is 5.92 Å². The standard InChI is InChI=1S/C9H18N2O4/c1-4-7(5-14-8(10)12)6-15-9(13)11(2)3/h7H,4-6H2,1-3H3,(H2,10,12). The lowest BCUT2D eigenvalue weighted by Gasteiger charge is -2.16. The molecule has 0 aromatic heterocycles. The molecule has 0 bridgehead atoms. The minimum Gasteiger partial charge on any atom is -0.449 e. The summed E-state index contributed by atoms with van der Waals surface area (Å²) in [4.78, 5) is 22.8. The molecular weight excluding hydrogens is 200 g/mol. The van der Waals surface area contributed by atoms with Crippen molar-refractivity contribution in [3.05, 3.63) is 0 Å². The second kappa shape index (κ2) is 6.92. The Labute approximate surface area is 89.3 Å². The van der Waals surface area contributed by atoms with E-state index < -0.39 is 12.2 Å². The van der Waals surface area contributed by atoms with E-state index in [4.69, 9.17) is 10.5 Å². The number of amides is 2. The minimum absolute atomic E-state index is 0.0126. The van der Waals surface area contributed by atoms with Crippen LogP contribution in [0.3, 0.4) is 0 Å². The van der Waals surface area contributed by atoms with Crippen molar-refractivity contribution in [2.45, 2.75) is 13.3 Å². The number of hydrogen-bond donors (Lipinski definition) is 1. The molecule has 2 N–H and O–H groups in total. The van der Waals surface area contributed by atoms with Gasteiger partial charge in [-0.3, -0.25) is 0 Å². The summed E-state index contributed by atoms with van der Waals surface area (Å²) in [6.07, 6.45) is -0.478. The summed E-state index contributed by atoms with van der Waals surface area (Å²) in [5.41, 5.74) is 4.82. The number of carbonyl (C=O) groups is 2. The first-order chi connectivity index (χ1) is 6.97. The average molecular weight is 218 g/mol. The SMILES string of the molecule is CCC(COC(N)=O)COC(=O)N(C)C. The van der Waals surface area contributed by atoms with Gasteiger partial charge in [0.25, 0.3) is 0 Å². The van der Waals surface area contributed by atoms with Crippen LogP contribution in [0.25, 0.3) is 0 Å². The second-order valence-corrected chi connectivity index (χ2v) is 3.38. The average Bonchev–Trinajstić information content (AvgIpc) is 2.17. The molecule has 0 fully saturated rings. The van der Waals surface area contributed by atoms with Gasteiger partial charge in [0.15, 0.2) is 0 Å². The molecular formula is C9H18N2O4. The van der Waals surface area contributed by atoms with Gasteiger partial charge in [-0.1, -0.05) is 6.92 Å². The molecule has 0 aliphatic heterocycles. The molecule has 88 valence electrons. The van der Waals surface area contributed by atoms with Crippen molar-refractivity contribution >= 4 is 12.2 Å². The molecule has 0 heterocycles. The highest BCUT2D eigenvalue weighted by Crippen LogP contribution is 2.04. The number of nitrogens with zero attached hydrogens (tertiary/aromatic N) is 1. The first kappa shape index (κ1) is 13.5. The van der Waals surface area contributed by atoms with E-state index in [1.807, 2.05) is 6.92 Å². The Hall–Kier alpha value is -1.46. The third-order valence-electron chi connectivity index (χ3n) is 1.85. The van der Waals surface area contributed by atoms with E-state index in [0.717, 1.165) is 6.42 Å². The highest BCUT2D eigenvalue weighted by Gasteiger charge is 2.12. The summed E-state index contributed by atoms with van der Waals surface area (Å²) in [5.74, 6) is -0.0126. The van der Waals surface area contributed by atoms with Crippen molar-refractivity contribution in [1.82, 2.24) is 4.90 Å². The first-order valence-electron chi connectivity index (χ1n) is 4.73. The molecule has 6 heteroatoms. The van der Waals surface area contributed by atoms with Gasteiger partial charge in [-0.2, -0.15) is 0 Å². The maximum absolute atomic E-state index is 11.1. The molecule has 0 aliphatic carbocycles. The third kappa shape index (κ3) is 6.59. The van der Waals surface area contributed by atoms with Crippen LogP contribution in [0.4, 0.5) is 9.59 Å². The van der Waals surface area contributed by atoms with Crippen LogP contribution in [-0.4, -0.2) is 44.4 Å². The largest absolute Gasteiger partial charge is 0.449 e. The Morgan fingerprint density at radius 2 is 1.80 bits per heavy atom. The van der Waals surface area contributed by atoms with Gasteiger partial charge >= 0.3 is 12.2 Å². The summed E-state index contributed by atoms with van der Waals surface area (Å²) in [6.45, 7) is 2.31. The molecule has 0 saturated carbocycles. The molecule has 1 atom stereocenters. The van der Waals surface area contributed by atoms with Crippen molar-refractivity contribution < 1.29 is 19.1 Å². The van der Waals surface area contributed by atoms with E-state index in [1.54, 1.807) is 14.1 Å². The fraction of sp³-hybridized carbons (Fsp3) is 0.778. The van der Waals surface area contributed by atoms with Gasteiger partial charge in [-0.05, 0) is 6.42 Å². The van der Waals surface area contributed by atoms with Gasteiger partial charge in [0.1, 0.15) is 0 Å². The van der Waals surface area contributed by atoms with Crippen LogP contribution in [0.15, 0.2) is 0 Å². The fourth-order valence-electron chi connectivity index (χ4n) is 0.802. The van der Waals surface area contributed by atoms with Crippen LogP contribution in [0.2, 0.25) is 0 Å². The van der Waals surface area contributed by atoms with Crippen LogP contribution in [0.5, 0.6) is 0 Å². The Kier molecular flexibility index (Phi) is 6.24. The highest BCUT2D eigenvalue weighted by atomic mass is 16.6. The van der Waals surface area contributed by atoms with Gasteiger partial charge < -0.3 is 20.1 Å². The highest BCUT2D eigenvalue weighted by molar-refractivity contribution is 5.66. The lowest BCUT2D eigenvalue weighted by Crippen LogP contribution is -2.27. The lowest BCUT2D eigenvalue weighted by atomic mass is 10.1. The van der Waals surface area contributed by atoms with Crippen molar-refractivity contribution in [3.63, 3.8) is 0 Å². The molecule has 0 aliphatic rings. The molecule has 0 aromatic rings. The number of hydrogen-bond acceptors (Lipinski definition) is 4. The zero-order valence-electron chi connectivity index (χ0n) is 9.36. The zero-order valence-corrected chi connectivity index (χ0v) is 9.36. The van der Waals surface area contributed by atoms with E-state index >= 15 is 0 Å². The zero-order chi connectivity index (χ0) is 11.8. The van der Waals surface area contributed by atoms with Gasteiger partial charge in [-0.25, -0.2) is 9.59 Å². The lowest BCUT2D eigenvalue weighted by molar-refractivity contribution is 0.0748. The van der Waals surface area contributed by atoms with E-state index in [2.05, 4.69) is 4.74 Å². The van der Waals surface area contributed by atoms with E-state index in [0.29, 0.717) is 0 Å². The Balaban J connectivity index is 3.79. The first-order valence-corrected chi connectivity index (χ1v) is 4.73. The topological polar surface area (TPSA) is 81.9 Å². The van der Waals surface area contributed by atoms with Gasteiger partial charge in [0.05, 0.1) is 13.2 Å². The number of primary amides is 1. The number of ether oxygens (including phenoxy) is 2. The quantitative estimate of drug-likeness (QED) is 0.740. The molecule has 6 nitrogen and oxygen atoms in total. The Morgan fingerprint density at radius 3 is 2.20 bits per heavy atom. The van der Waals surface area contributed by atoms with Crippen LogP contribution < -0.4 is 5.73 Å². The van der Waals surface area contributed by atoms with Gasteiger partial charge in [0.2, 0.25) is 0 Å². The van der Waals surface area contributed by atoms with Crippen LogP contribution >= 0.6 is 0 Å². The summed E-state index contributed by atoms with van der Waals surface area (Å²) in [6, 6.07) is 0. The van der Waals surface area contributed by atoms with Crippen LogP contribution in [-0.2, 0) is 9.47 Å². The molecule has 15 heavy (non-hydrogen) atoms. The Morgan fingerprint density at radius 1 is 1.27 bits per heavy atom. The summed E-state index contributed by atoms with van der Waals surface area (Å²) in [7, 11) is 3.20. The number of rotatable bonds is 5. The number of carbonyl (C=O) groups excluding carboxylic acids is 2. The van der Waals surface area contributed by atoms with E-state index in [9.17, 15) is 9.59 Å². The van der Waals surface area contributed by atoms with Crippen molar-refractivity contribution in [1.29, 1.82) is 0 Å². The van der Waals surface area contributed by atoms with Gasteiger partial charge in [0, 0.05) is 20.0 Å². The fourth-order valence-corrected chi connectivity index (χ4v) is 0.802. The normalized spacial score (nSPS) is 11.7. The molecule has 0 aromatic carbocycles. The van der Waals surface area contributed by atoms with Crippen molar-refractivity contribution in [2.24, 2.45) is 11.7 Å². The monoisotopic (exact) mass is 218 g/mol. The molecule has 0 spiro atoms. The number of nitrogens with two attached hydrogens (primary N) is 1. The van der Waals surface area contributed by atoms with E-state index in [1.165, 1.54) is 4.90 Å². The maximum atomic E-state index is 11.1. The molecule has 2 amide bonds. The predicted octanol–water partition coefficient (Wildman–Crippen LogP) is 0.806. The smallest absolute Gasteiger partial charge is 0.409 e. The summed E-state index contributed by atoms with van der Waals surface area (Å²) in [5, 5.41) is 0. The van der Waals surface area contributed by atoms with Gasteiger partial charge in [-0.15, -0.1) is 0 Å². The summed E-state index contributed by atoms with van der Waals surface area (Å²) < 4.78 is 9.57.